The molecular formula is C13H8BrFN2O3. The second kappa shape index (κ2) is 5.79. The Bertz CT molecular complexity index is 691. The highest BCUT2D eigenvalue weighted by Gasteiger charge is 2.12. The molecule has 102 valence electrons. The molecule has 0 bridgehead atoms. The van der Waals surface area contributed by atoms with Crippen LogP contribution < -0.4 is 5.32 Å². The molecule has 2 rings (SSSR count). The molecule has 0 aliphatic carbocycles. The number of pyridine rings is 1. The number of nitrogens with one attached hydrogen (secondary N) is 1. The maximum absolute atomic E-state index is 12.9. The number of anilines is 1. The molecule has 20 heavy (non-hydrogen) atoms. The zero-order valence-electron chi connectivity index (χ0n) is 9.93. The number of nitrogens with zero attached hydrogens (tertiary/aromatic N) is 1. The van der Waals surface area contributed by atoms with Gasteiger partial charge in [-0.15, -0.1) is 0 Å². The molecule has 1 amide bonds. The molecule has 1 aromatic heterocycles. The molecular weight excluding hydrogens is 331 g/mol. The van der Waals surface area contributed by atoms with Crippen molar-refractivity contribution < 1.29 is 19.1 Å². The quantitative estimate of drug-likeness (QED) is 0.901. The Balaban J connectivity index is 2.23. The molecule has 0 aliphatic rings. The van der Waals surface area contributed by atoms with E-state index in [9.17, 15) is 14.0 Å². The van der Waals surface area contributed by atoms with Crippen LogP contribution in [-0.4, -0.2) is 22.0 Å². The molecule has 0 atom stereocenters. The van der Waals surface area contributed by atoms with Gasteiger partial charge in [0.25, 0.3) is 5.91 Å². The van der Waals surface area contributed by atoms with Gasteiger partial charge in [-0.3, -0.25) is 4.79 Å². The molecule has 0 saturated carbocycles. The van der Waals surface area contributed by atoms with Gasteiger partial charge >= 0.3 is 5.97 Å². The van der Waals surface area contributed by atoms with Crippen molar-refractivity contribution in [3.05, 3.63) is 57.9 Å². The number of amides is 1. The molecule has 2 aromatic rings. The molecule has 0 unspecified atom stereocenters. The maximum atomic E-state index is 12.9. The Morgan fingerprint density at radius 3 is 2.65 bits per heavy atom. The molecule has 2 N–H and O–H groups in total. The van der Waals surface area contributed by atoms with Crippen molar-refractivity contribution in [2.24, 2.45) is 0 Å². The molecule has 7 heteroatoms. The summed E-state index contributed by atoms with van der Waals surface area (Å²) in [7, 11) is 0. The first-order chi connectivity index (χ1) is 9.47. The van der Waals surface area contributed by atoms with E-state index in [1.807, 2.05) is 0 Å². The highest BCUT2D eigenvalue weighted by molar-refractivity contribution is 9.10. The Hall–Kier alpha value is -2.28. The predicted octanol–water partition coefficient (Wildman–Crippen LogP) is 2.93. The number of carbonyl (C=O) groups is 2. The van der Waals surface area contributed by atoms with Gasteiger partial charge in [0.15, 0.2) is 0 Å². The Kier molecular flexibility index (Phi) is 4.09. The number of benzene rings is 1. The predicted molar refractivity (Wildman–Crippen MR) is 73.2 cm³/mol. The van der Waals surface area contributed by atoms with E-state index in [2.05, 4.69) is 26.2 Å². The van der Waals surface area contributed by atoms with Crippen LogP contribution >= 0.6 is 15.9 Å². The minimum absolute atomic E-state index is 0.00784. The number of hydrogen-bond acceptors (Lipinski definition) is 3. The van der Waals surface area contributed by atoms with Gasteiger partial charge < -0.3 is 10.4 Å². The largest absolute Gasteiger partial charge is 0.478 e. The molecule has 0 spiro atoms. The first kappa shape index (κ1) is 14.1. The van der Waals surface area contributed by atoms with Crippen LogP contribution in [0.4, 0.5) is 10.2 Å². The Morgan fingerprint density at radius 1 is 1.25 bits per heavy atom. The minimum Gasteiger partial charge on any atom is -0.478 e. The van der Waals surface area contributed by atoms with Gasteiger partial charge in [-0.05, 0) is 46.3 Å². The van der Waals surface area contributed by atoms with Crippen LogP contribution in [0.5, 0.6) is 0 Å². The van der Waals surface area contributed by atoms with Crippen molar-refractivity contribution in [3.8, 4) is 0 Å². The normalized spacial score (nSPS) is 10.1. The lowest BCUT2D eigenvalue weighted by molar-refractivity contribution is 0.0696. The fourth-order valence-electron chi connectivity index (χ4n) is 1.49. The average Bonchev–Trinajstić information content (AvgIpc) is 2.38. The van der Waals surface area contributed by atoms with Crippen molar-refractivity contribution in [2.45, 2.75) is 0 Å². The van der Waals surface area contributed by atoms with Gasteiger partial charge in [-0.1, -0.05) is 0 Å². The number of carboxylic acid groups (broad SMARTS) is 1. The summed E-state index contributed by atoms with van der Waals surface area (Å²) in [6.45, 7) is 0. The smallest absolute Gasteiger partial charge is 0.335 e. The minimum atomic E-state index is -1.12. The van der Waals surface area contributed by atoms with Crippen molar-refractivity contribution in [1.82, 2.24) is 4.98 Å². The zero-order chi connectivity index (χ0) is 14.7. The van der Waals surface area contributed by atoms with E-state index in [4.69, 9.17) is 5.11 Å². The topological polar surface area (TPSA) is 79.3 Å². The van der Waals surface area contributed by atoms with Crippen molar-refractivity contribution in [3.63, 3.8) is 0 Å². The SMILES string of the molecule is O=C(O)c1ccnc(NC(=O)c2ccc(F)cc2Br)c1. The standard InChI is InChI=1S/C13H8BrFN2O3/c14-10-6-8(15)1-2-9(10)12(18)17-11-5-7(13(19)20)3-4-16-11/h1-6H,(H,19,20)(H,16,17,18). The first-order valence-electron chi connectivity index (χ1n) is 5.43. The summed E-state index contributed by atoms with van der Waals surface area (Å²) < 4.78 is 13.2. The maximum Gasteiger partial charge on any atom is 0.335 e. The molecule has 0 fully saturated rings. The molecule has 1 aromatic carbocycles. The Labute approximate surface area is 121 Å². The third-order valence-electron chi connectivity index (χ3n) is 2.42. The van der Waals surface area contributed by atoms with Crippen LogP contribution in [0.25, 0.3) is 0 Å². The third kappa shape index (κ3) is 3.18. The highest BCUT2D eigenvalue weighted by Crippen LogP contribution is 2.19. The van der Waals surface area contributed by atoms with Crippen LogP contribution in [0.15, 0.2) is 41.0 Å². The monoisotopic (exact) mass is 338 g/mol. The lowest BCUT2D eigenvalue weighted by Gasteiger charge is -2.06. The van der Waals surface area contributed by atoms with Crippen LogP contribution in [0.1, 0.15) is 20.7 Å². The van der Waals surface area contributed by atoms with Gasteiger partial charge in [0.2, 0.25) is 0 Å². The first-order valence-corrected chi connectivity index (χ1v) is 6.22. The summed E-state index contributed by atoms with van der Waals surface area (Å²) in [6.07, 6.45) is 1.28. The molecule has 0 radical (unpaired) electrons. The molecule has 0 aliphatic heterocycles. The summed E-state index contributed by atoms with van der Waals surface area (Å²) in [5.74, 6) is -2.01. The number of aromatic carboxylic acids is 1. The third-order valence-corrected chi connectivity index (χ3v) is 3.08. The lowest BCUT2D eigenvalue weighted by atomic mass is 10.2. The van der Waals surface area contributed by atoms with E-state index in [0.29, 0.717) is 4.47 Å². The summed E-state index contributed by atoms with van der Waals surface area (Å²) in [5, 5.41) is 11.3. The number of aromatic nitrogens is 1. The summed E-state index contributed by atoms with van der Waals surface area (Å²) >= 11 is 3.08. The highest BCUT2D eigenvalue weighted by atomic mass is 79.9. The second-order valence-corrected chi connectivity index (χ2v) is 4.67. The fraction of sp³-hybridized carbons (Fsp3) is 0. The summed E-state index contributed by atoms with van der Waals surface area (Å²) in [6, 6.07) is 6.18. The summed E-state index contributed by atoms with van der Waals surface area (Å²) in [4.78, 5) is 26.6. The number of halogens is 2. The van der Waals surface area contributed by atoms with E-state index in [-0.39, 0.29) is 16.9 Å². The van der Waals surface area contributed by atoms with E-state index in [0.717, 1.165) is 12.1 Å². The molecule has 0 saturated heterocycles. The van der Waals surface area contributed by atoms with Gasteiger partial charge in [0.05, 0.1) is 11.1 Å². The van der Waals surface area contributed by atoms with Crippen molar-refractivity contribution in [1.29, 1.82) is 0 Å². The number of carbonyl (C=O) groups excluding carboxylic acids is 1. The zero-order valence-corrected chi connectivity index (χ0v) is 11.5. The van der Waals surface area contributed by atoms with Crippen LogP contribution in [0.2, 0.25) is 0 Å². The number of hydrogen-bond donors (Lipinski definition) is 2. The van der Waals surface area contributed by atoms with E-state index >= 15 is 0 Å². The number of carboxylic acids is 1. The van der Waals surface area contributed by atoms with Gasteiger partial charge in [0.1, 0.15) is 11.6 Å². The van der Waals surface area contributed by atoms with Crippen molar-refractivity contribution >= 4 is 33.6 Å². The fourth-order valence-corrected chi connectivity index (χ4v) is 2.02. The van der Waals surface area contributed by atoms with Crippen LogP contribution in [-0.2, 0) is 0 Å². The second-order valence-electron chi connectivity index (χ2n) is 3.81. The lowest BCUT2D eigenvalue weighted by Crippen LogP contribution is -2.14. The average molecular weight is 339 g/mol. The Morgan fingerprint density at radius 2 is 2.00 bits per heavy atom. The molecule has 1 heterocycles. The van der Waals surface area contributed by atoms with Crippen molar-refractivity contribution in [2.75, 3.05) is 5.32 Å². The number of rotatable bonds is 3. The van der Waals surface area contributed by atoms with Gasteiger partial charge in [-0.25, -0.2) is 14.2 Å². The van der Waals surface area contributed by atoms with Crippen LogP contribution in [0, 0.1) is 5.82 Å². The van der Waals surface area contributed by atoms with E-state index in [1.54, 1.807) is 0 Å². The van der Waals surface area contributed by atoms with E-state index in [1.165, 1.54) is 24.4 Å². The molecule has 5 nitrogen and oxygen atoms in total. The van der Waals surface area contributed by atoms with E-state index < -0.39 is 17.7 Å². The van der Waals surface area contributed by atoms with Gasteiger partial charge in [0, 0.05) is 10.7 Å². The van der Waals surface area contributed by atoms with Crippen LogP contribution in [0.3, 0.4) is 0 Å². The van der Waals surface area contributed by atoms with Gasteiger partial charge in [-0.2, -0.15) is 0 Å². The summed E-state index contributed by atoms with van der Waals surface area (Å²) in [5.41, 5.74) is 0.224.